The number of hydrogen-bond donors (Lipinski definition) is 0. The third-order valence-electron chi connectivity index (χ3n) is 35.2. The molecular weight excluding hydrogens is 1780 g/mol. The quantitative estimate of drug-likeness (QED) is 0.0308. The minimum atomic E-state index is -0.152. The zero-order valence-corrected chi connectivity index (χ0v) is 92.9. The van der Waals surface area contributed by atoms with Crippen LogP contribution < -0.4 is 0 Å². The molecule has 145 heavy (non-hydrogen) atoms. The fourth-order valence-corrected chi connectivity index (χ4v) is 26.6. The number of aryl methyl sites for hydroxylation is 3. The summed E-state index contributed by atoms with van der Waals surface area (Å²) in [5.74, 6) is 8.59. The Kier molecular flexibility index (Phi) is 59.1. The number of unbranched alkanes of at least 4 members (excludes halogenated alkanes) is 36. The number of carbonyl (C=O) groups excluding carboxylic acids is 8. The van der Waals surface area contributed by atoms with Crippen molar-refractivity contribution in [2.24, 2.45) is 94.7 Å². The van der Waals surface area contributed by atoms with Crippen molar-refractivity contribution in [3.8, 4) is 0 Å². The Balaban J connectivity index is 0.000000242. The van der Waals surface area contributed by atoms with E-state index in [1.165, 1.54) is 364 Å². The second-order valence-corrected chi connectivity index (χ2v) is 45.7. The van der Waals surface area contributed by atoms with Gasteiger partial charge < -0.3 is 0 Å². The smallest absolute Gasteiger partial charge is 0.253 e. The highest BCUT2D eigenvalue weighted by atomic mass is 16.2. The Hall–Kier alpha value is -7.86. The Morgan fingerprint density at radius 2 is 0.497 bits per heavy atom. The molecule has 4 saturated carbocycles. The Bertz CT molecular complexity index is 4150. The molecule has 0 radical (unpaired) electrons. The number of nitrogens with zero attached hydrogens (tertiary/aromatic N) is 4. The van der Waals surface area contributed by atoms with Crippen molar-refractivity contribution in [3.63, 3.8) is 0 Å². The maximum absolute atomic E-state index is 13.1. The topological polar surface area (TPSA) is 150 Å². The predicted molar refractivity (Wildman–Crippen MR) is 610 cm³/mol. The summed E-state index contributed by atoms with van der Waals surface area (Å²) >= 11 is 0. The van der Waals surface area contributed by atoms with Crippen molar-refractivity contribution in [1.29, 1.82) is 0 Å². The van der Waals surface area contributed by atoms with Gasteiger partial charge in [-0.15, -0.1) is 0 Å². The van der Waals surface area contributed by atoms with Gasteiger partial charge in [-0.2, -0.15) is 0 Å². The SMILES string of the molecule is C1=CCC=C1.C=Cc1ccc(CC)cc1.C=Cc1ccc(CC)cc1.C=Cc1ccc(CC)cc1.CCCCCCCCC1C(CCCCCC)CC(CCCCCCCCN2C(=O)C3C4C=CC(C4)C3C2=O)CC1CCCCCCCCN1C(=O)C2C3C=CC(C3)C2C1=O.CCCCCCCCC1C(CCCCCC)CC(CCCCCCCCN2C(=O)C=CC2=O)CC1CCCCCCCCN1C(=O)CCC1=O. The van der Waals surface area contributed by atoms with Crippen LogP contribution in [0.15, 0.2) is 153 Å². The van der Waals surface area contributed by atoms with Crippen LogP contribution in [0.3, 0.4) is 0 Å². The summed E-state index contributed by atoms with van der Waals surface area (Å²) in [6.45, 7) is 29.3. The van der Waals surface area contributed by atoms with E-state index < -0.39 is 0 Å². The summed E-state index contributed by atoms with van der Waals surface area (Å²) in [7, 11) is 0. The number of rotatable bonds is 66. The lowest BCUT2D eigenvalue weighted by atomic mass is 9.62. The number of carbonyl (C=O) groups is 8. The number of allylic oxidation sites excluding steroid dienone is 8. The van der Waals surface area contributed by atoms with Crippen LogP contribution in [-0.2, 0) is 57.6 Å². The lowest BCUT2D eigenvalue weighted by Gasteiger charge is -2.43. The Morgan fingerprint density at radius 3 is 0.752 bits per heavy atom. The van der Waals surface area contributed by atoms with Gasteiger partial charge in [-0.3, -0.25) is 58.0 Å². The van der Waals surface area contributed by atoms with E-state index in [0.29, 0.717) is 62.7 Å². The van der Waals surface area contributed by atoms with Gasteiger partial charge in [0.25, 0.3) is 11.8 Å². The zero-order valence-electron chi connectivity index (χ0n) is 92.9. The first-order valence-electron chi connectivity index (χ1n) is 60.8. The maximum atomic E-state index is 13.1. The van der Waals surface area contributed by atoms with E-state index >= 15 is 0 Å². The molecule has 4 heterocycles. The summed E-state index contributed by atoms with van der Waals surface area (Å²) in [6.07, 6.45) is 107. The molecule has 8 amide bonds. The fourth-order valence-electron chi connectivity index (χ4n) is 26.6. The van der Waals surface area contributed by atoms with Crippen molar-refractivity contribution < 1.29 is 38.4 Å². The maximum Gasteiger partial charge on any atom is 0.253 e. The summed E-state index contributed by atoms with van der Waals surface area (Å²) in [5.41, 5.74) is 7.72. The van der Waals surface area contributed by atoms with Crippen LogP contribution in [0.25, 0.3) is 18.2 Å². The molecular formula is C133H204N4O8. The van der Waals surface area contributed by atoms with Crippen LogP contribution in [0.4, 0.5) is 0 Å². The molecule has 0 spiro atoms. The van der Waals surface area contributed by atoms with Crippen LogP contribution in [0.2, 0.25) is 0 Å². The number of likely N-dealkylation sites (tertiary alicyclic amines) is 3. The molecule has 0 N–H and O–H groups in total. The molecule has 3 saturated heterocycles. The Morgan fingerprint density at radius 1 is 0.262 bits per heavy atom. The molecule has 16 unspecified atom stereocenters. The van der Waals surface area contributed by atoms with Crippen LogP contribution in [-0.4, -0.2) is 93.0 Å². The lowest BCUT2D eigenvalue weighted by Crippen LogP contribution is -2.33. The zero-order chi connectivity index (χ0) is 103. The molecule has 3 aromatic rings. The average Bonchev–Trinajstić information content (AvgIpc) is 1.58. The molecule has 14 rings (SSSR count). The van der Waals surface area contributed by atoms with E-state index in [4.69, 9.17) is 0 Å². The first-order chi connectivity index (χ1) is 70.9. The second-order valence-electron chi connectivity index (χ2n) is 45.7. The van der Waals surface area contributed by atoms with Gasteiger partial charge in [0.2, 0.25) is 35.4 Å². The van der Waals surface area contributed by atoms with Crippen molar-refractivity contribution in [1.82, 2.24) is 19.6 Å². The predicted octanol–water partition coefficient (Wildman–Crippen LogP) is 34.7. The minimum absolute atomic E-state index is 0.0284. The largest absolute Gasteiger partial charge is 0.283 e. The summed E-state index contributed by atoms with van der Waals surface area (Å²) in [6, 6.07) is 25.4. The monoisotopic (exact) mass is 1990 g/mol. The van der Waals surface area contributed by atoms with E-state index in [2.05, 4.69) is 190 Å². The van der Waals surface area contributed by atoms with Crippen molar-refractivity contribution in [3.05, 3.63) is 187 Å². The summed E-state index contributed by atoms with van der Waals surface area (Å²) in [5, 5.41) is 0. The average molecular weight is 1990 g/mol. The molecule has 12 nitrogen and oxygen atoms in total. The van der Waals surface area contributed by atoms with Gasteiger partial charge in [0, 0.05) is 51.2 Å². The number of amides is 8. The van der Waals surface area contributed by atoms with Gasteiger partial charge >= 0.3 is 0 Å². The van der Waals surface area contributed by atoms with Crippen molar-refractivity contribution in [2.45, 2.75) is 459 Å². The first kappa shape index (κ1) is 121. The van der Waals surface area contributed by atoms with E-state index in [0.717, 1.165) is 137 Å². The normalized spacial score (nSPS) is 24.2. The van der Waals surface area contributed by atoms with Crippen molar-refractivity contribution >= 4 is 65.5 Å². The second kappa shape index (κ2) is 71.0. The van der Waals surface area contributed by atoms with Gasteiger partial charge in [0.15, 0.2) is 0 Å². The summed E-state index contributed by atoms with van der Waals surface area (Å²) < 4.78 is 0. The molecule has 0 aromatic heterocycles. The number of benzene rings is 3. The highest BCUT2D eigenvalue weighted by Gasteiger charge is 2.60. The number of hydrogen-bond acceptors (Lipinski definition) is 8. The molecule has 4 aliphatic heterocycles. The van der Waals surface area contributed by atoms with Crippen LogP contribution in [0.1, 0.15) is 474 Å². The van der Waals surface area contributed by atoms with Gasteiger partial charge in [0.1, 0.15) is 0 Å². The molecule has 16 atom stereocenters. The van der Waals surface area contributed by atoms with E-state index in [1.807, 2.05) is 18.2 Å². The van der Waals surface area contributed by atoms with Crippen LogP contribution >= 0.6 is 0 Å². The highest BCUT2D eigenvalue weighted by Crippen LogP contribution is 2.55. The third kappa shape index (κ3) is 41.4. The Labute approximate surface area is 884 Å². The van der Waals surface area contributed by atoms with E-state index in [9.17, 15) is 38.4 Å². The first-order valence-corrected chi connectivity index (χ1v) is 60.8. The fraction of sp³-hybridized carbons (Fsp3) is 0.684. The highest BCUT2D eigenvalue weighted by molar-refractivity contribution is 6.13. The van der Waals surface area contributed by atoms with Crippen molar-refractivity contribution in [2.75, 3.05) is 26.2 Å². The summed E-state index contributed by atoms with van der Waals surface area (Å²) in [4.78, 5) is 106. The van der Waals surface area contributed by atoms with E-state index in [-0.39, 0.29) is 70.9 Å². The molecule has 7 fully saturated rings. The van der Waals surface area contributed by atoms with Crippen LogP contribution in [0.5, 0.6) is 0 Å². The van der Waals surface area contributed by atoms with E-state index in [1.54, 1.807) is 9.80 Å². The van der Waals surface area contributed by atoms with Gasteiger partial charge in [-0.1, -0.05) is 503 Å². The molecule has 11 aliphatic rings. The number of imide groups is 4. The van der Waals surface area contributed by atoms with Gasteiger partial charge in [0.05, 0.1) is 23.7 Å². The molecule has 7 aliphatic carbocycles. The molecule has 4 bridgehead atoms. The molecule has 3 aromatic carbocycles. The molecule has 804 valence electrons. The molecule has 12 heteroatoms. The third-order valence-corrected chi connectivity index (χ3v) is 35.2. The minimum Gasteiger partial charge on any atom is -0.283 e. The lowest BCUT2D eigenvalue weighted by molar-refractivity contribution is -0.142. The van der Waals surface area contributed by atoms with Gasteiger partial charge in [-0.25, -0.2) is 0 Å². The van der Waals surface area contributed by atoms with Crippen LogP contribution in [0, 0.1) is 94.7 Å². The van der Waals surface area contributed by atoms with Gasteiger partial charge in [-0.05, 0) is 207 Å². The standard InChI is InChI=1S/C54H86N2O4.C44H76N2O4.3C10H12.C5H6/c1-3-5-7-9-16-22-28-46-40(26-20-8-6-4-2)35-39(25-19-14-10-12-17-23-33-55-51(57)47-42-29-30-43(37-42)48(47)52(55)58)36-41(46)27-21-15-11-13-18-24-34-56-53(59)49-44-31-32-45(38-44)50(49)54(56)60;1-3-5-7-9-16-22-28-40-38(26-20-8-6-4-2)35-37(25-19-14-10-12-17-23-33-45-41(47)29-30-42(45)48)36-39(40)27-21-15-11-13-18-24-34-46-43(49)31-32-44(46)50;3*1-3-9-5-7-10(4-2)8-6-9;1-2-4-5-3-1/h29-32,39-50H,3-28,33-38H2,1-2H3;29-30,37-40H,3-28,31-36H2,1-2H3;3*3,5-8H,1,4H2,2H3;1-4H,5H2. The number of fused-ring (bicyclic) bond motifs is 10.